The molecule has 1 aliphatic rings. The number of thiocarbonyl (C=S) groups is 1. The fourth-order valence-electron chi connectivity index (χ4n) is 2.52. The Hall–Kier alpha value is -1.03. The van der Waals surface area contributed by atoms with Crippen LogP contribution in [-0.2, 0) is 21.2 Å². The largest absolute Gasteiger partial charge is 0.393 e. The Kier molecular flexibility index (Phi) is 6.00. The molecule has 9 heteroatoms. The van der Waals surface area contributed by atoms with Gasteiger partial charge in [0.05, 0.1) is 11.1 Å². The lowest BCUT2D eigenvalue weighted by atomic mass is 10.2. The van der Waals surface area contributed by atoms with Crippen molar-refractivity contribution in [3.8, 4) is 0 Å². The van der Waals surface area contributed by atoms with E-state index in [-0.39, 0.29) is 22.2 Å². The number of nitrogens with zero attached hydrogens (tertiary/aromatic N) is 1. The maximum Gasteiger partial charge on any atom is 0.263 e. The molecule has 0 bridgehead atoms. The number of halogens is 1. The summed E-state index contributed by atoms with van der Waals surface area (Å²) in [5.41, 5.74) is 1.54. The summed E-state index contributed by atoms with van der Waals surface area (Å²) >= 11 is 8.34. The zero-order valence-corrected chi connectivity index (χ0v) is 16.6. The molecule has 132 valence electrons. The summed E-state index contributed by atoms with van der Waals surface area (Å²) in [5, 5.41) is 9.27. The minimum atomic E-state index is -3.87. The van der Waals surface area contributed by atoms with Crippen molar-refractivity contribution in [2.75, 3.05) is 11.4 Å². The number of rotatable bonds is 5. The monoisotopic (exact) mass is 434 g/mol. The van der Waals surface area contributed by atoms with Crippen molar-refractivity contribution in [2.24, 2.45) is 0 Å². The van der Waals surface area contributed by atoms with E-state index in [0.717, 1.165) is 5.56 Å². The number of fused-ring (bicyclic) bond motifs is 1. The molecular formula is C15H19BrN2O4S2. The average Bonchev–Trinajstić information content (AvgIpc) is 2.86. The van der Waals surface area contributed by atoms with Gasteiger partial charge in [0, 0.05) is 30.0 Å². The van der Waals surface area contributed by atoms with Gasteiger partial charge in [-0.2, -0.15) is 0 Å². The Morgan fingerprint density at radius 2 is 2.17 bits per heavy atom. The van der Waals surface area contributed by atoms with E-state index in [9.17, 15) is 18.3 Å². The molecule has 2 N–H and O–H groups in total. The van der Waals surface area contributed by atoms with E-state index in [1.807, 2.05) is 0 Å². The van der Waals surface area contributed by atoms with Crippen LogP contribution in [0.15, 0.2) is 21.5 Å². The Labute approximate surface area is 155 Å². The van der Waals surface area contributed by atoms with Crippen molar-refractivity contribution < 1.29 is 18.3 Å². The number of anilines is 1. The molecular weight excluding hydrogens is 416 g/mol. The Balaban J connectivity index is 2.29. The topological polar surface area (TPSA) is 86.7 Å². The van der Waals surface area contributed by atoms with Gasteiger partial charge in [0.25, 0.3) is 10.0 Å². The number of aliphatic hydroxyl groups excluding tert-OH is 1. The van der Waals surface area contributed by atoms with E-state index in [1.54, 1.807) is 17.9 Å². The maximum atomic E-state index is 12.6. The highest BCUT2D eigenvalue weighted by Crippen LogP contribution is 2.35. The zero-order chi connectivity index (χ0) is 18.1. The van der Waals surface area contributed by atoms with Crippen LogP contribution in [0.1, 0.15) is 32.3 Å². The first-order valence-electron chi connectivity index (χ1n) is 7.46. The number of sulfonamides is 1. The van der Waals surface area contributed by atoms with Gasteiger partial charge < -0.3 is 10.0 Å². The first-order valence-corrected chi connectivity index (χ1v) is 10.1. The standard InChI is InChI=1S/C15H19BrN2O4S2/c1-9(19)3-4-15(23)17-24(21,22)14-8-13-11(7-12(14)16)5-6-18(13)10(2)20/h7-9,19H,3-6H2,1-2H3,(H,17,23). The van der Waals surface area contributed by atoms with Crippen molar-refractivity contribution >= 4 is 54.8 Å². The van der Waals surface area contributed by atoms with E-state index in [2.05, 4.69) is 20.7 Å². The molecule has 1 unspecified atom stereocenters. The maximum absolute atomic E-state index is 12.6. The molecule has 1 aromatic rings. The summed E-state index contributed by atoms with van der Waals surface area (Å²) in [6, 6.07) is 3.22. The predicted molar refractivity (Wildman–Crippen MR) is 99.7 cm³/mol. The Morgan fingerprint density at radius 3 is 2.75 bits per heavy atom. The molecule has 0 fully saturated rings. The number of aliphatic hydroxyl groups is 1. The van der Waals surface area contributed by atoms with Crippen LogP contribution in [0.4, 0.5) is 5.69 Å². The van der Waals surface area contributed by atoms with Gasteiger partial charge >= 0.3 is 0 Å². The first kappa shape index (κ1) is 19.3. The SMILES string of the molecule is CC(=O)N1CCc2cc(Br)c(S(=O)(=O)NC(=S)CCC(C)O)cc21. The minimum Gasteiger partial charge on any atom is -0.393 e. The molecule has 24 heavy (non-hydrogen) atoms. The molecule has 1 amide bonds. The molecule has 6 nitrogen and oxygen atoms in total. The fourth-order valence-corrected chi connectivity index (χ4v) is 5.09. The smallest absolute Gasteiger partial charge is 0.263 e. The summed E-state index contributed by atoms with van der Waals surface area (Å²) in [6.07, 6.45) is 0.788. The Bertz CT molecular complexity index is 778. The first-order chi connectivity index (χ1) is 11.1. The molecule has 0 radical (unpaired) electrons. The third-order valence-corrected chi connectivity index (χ3v) is 6.52. The predicted octanol–water partition coefficient (Wildman–Crippen LogP) is 2.12. The molecule has 1 aromatic carbocycles. The normalized spacial score (nSPS) is 15.1. The highest BCUT2D eigenvalue weighted by molar-refractivity contribution is 9.10. The lowest BCUT2D eigenvalue weighted by Crippen LogP contribution is -2.30. The third kappa shape index (κ3) is 4.33. The number of carbonyl (C=O) groups is 1. The van der Waals surface area contributed by atoms with Crippen LogP contribution in [-0.4, -0.2) is 37.1 Å². The second-order valence-electron chi connectivity index (χ2n) is 5.75. The lowest BCUT2D eigenvalue weighted by molar-refractivity contribution is -0.116. The van der Waals surface area contributed by atoms with Crippen LogP contribution in [0, 0.1) is 0 Å². The second-order valence-corrected chi connectivity index (χ2v) is 8.75. The minimum absolute atomic E-state index is 0.0359. The van der Waals surface area contributed by atoms with E-state index >= 15 is 0 Å². The fraction of sp³-hybridized carbons (Fsp3) is 0.467. The van der Waals surface area contributed by atoms with Gasteiger partial charge in [0.2, 0.25) is 5.91 Å². The van der Waals surface area contributed by atoms with Gasteiger partial charge in [0.1, 0.15) is 4.90 Å². The van der Waals surface area contributed by atoms with Crippen molar-refractivity contribution in [1.82, 2.24) is 4.72 Å². The molecule has 2 rings (SSSR count). The number of benzene rings is 1. The highest BCUT2D eigenvalue weighted by atomic mass is 79.9. The van der Waals surface area contributed by atoms with E-state index < -0.39 is 16.1 Å². The molecule has 0 saturated carbocycles. The van der Waals surface area contributed by atoms with Crippen LogP contribution >= 0.6 is 28.1 Å². The van der Waals surface area contributed by atoms with Crippen molar-refractivity contribution in [1.29, 1.82) is 0 Å². The number of hydrogen-bond donors (Lipinski definition) is 2. The van der Waals surface area contributed by atoms with Gasteiger partial charge in [-0.25, -0.2) is 8.42 Å². The van der Waals surface area contributed by atoms with Crippen LogP contribution in [0.25, 0.3) is 0 Å². The summed E-state index contributed by atoms with van der Waals surface area (Å²) in [4.78, 5) is 13.4. The quantitative estimate of drug-likeness (QED) is 0.693. The highest BCUT2D eigenvalue weighted by Gasteiger charge is 2.27. The second kappa shape index (κ2) is 7.47. The van der Waals surface area contributed by atoms with Gasteiger partial charge in [-0.05, 0) is 53.4 Å². The van der Waals surface area contributed by atoms with Crippen LogP contribution in [0.2, 0.25) is 0 Å². The summed E-state index contributed by atoms with van der Waals surface area (Å²) < 4.78 is 28.0. The zero-order valence-electron chi connectivity index (χ0n) is 13.4. The Morgan fingerprint density at radius 1 is 1.50 bits per heavy atom. The van der Waals surface area contributed by atoms with E-state index in [1.165, 1.54) is 13.0 Å². The molecule has 0 spiro atoms. The molecule has 1 atom stereocenters. The third-order valence-electron chi connectivity index (χ3n) is 3.74. The summed E-state index contributed by atoms with van der Waals surface area (Å²) in [6.45, 7) is 3.61. The van der Waals surface area contributed by atoms with Crippen molar-refractivity contribution in [2.45, 2.75) is 44.1 Å². The molecule has 0 saturated heterocycles. The van der Waals surface area contributed by atoms with E-state index in [0.29, 0.717) is 29.5 Å². The molecule has 0 aliphatic carbocycles. The van der Waals surface area contributed by atoms with Crippen molar-refractivity contribution in [3.05, 3.63) is 22.2 Å². The van der Waals surface area contributed by atoms with Gasteiger partial charge in [-0.1, -0.05) is 12.2 Å². The lowest BCUT2D eigenvalue weighted by Gasteiger charge is -2.17. The molecule has 1 aliphatic heterocycles. The van der Waals surface area contributed by atoms with Crippen molar-refractivity contribution in [3.63, 3.8) is 0 Å². The van der Waals surface area contributed by atoms with Gasteiger partial charge in [-0.15, -0.1) is 0 Å². The van der Waals surface area contributed by atoms with E-state index in [4.69, 9.17) is 12.2 Å². The number of nitrogens with one attached hydrogen (secondary N) is 1. The number of amides is 1. The molecule has 1 heterocycles. The average molecular weight is 435 g/mol. The van der Waals surface area contributed by atoms with Gasteiger partial charge in [0.15, 0.2) is 0 Å². The van der Waals surface area contributed by atoms with Gasteiger partial charge in [-0.3, -0.25) is 9.52 Å². The summed E-state index contributed by atoms with van der Waals surface area (Å²) in [5.74, 6) is -0.125. The number of hydrogen-bond acceptors (Lipinski definition) is 5. The number of carbonyl (C=O) groups excluding carboxylic acids is 1. The molecule has 0 aromatic heterocycles. The van der Waals surface area contributed by atoms with Crippen LogP contribution in [0.3, 0.4) is 0 Å². The van der Waals surface area contributed by atoms with Crippen LogP contribution < -0.4 is 9.62 Å². The summed E-state index contributed by atoms with van der Waals surface area (Å²) in [7, 11) is -3.87. The van der Waals surface area contributed by atoms with Crippen LogP contribution in [0.5, 0.6) is 0 Å².